The predicted octanol–water partition coefficient (Wildman–Crippen LogP) is 3.22. The molecule has 1 heterocycles. The molecule has 0 fully saturated rings. The van der Waals surface area contributed by atoms with Crippen molar-refractivity contribution in [1.82, 2.24) is 9.97 Å². The maximum absolute atomic E-state index is 11.5. The molecule has 2 N–H and O–H groups in total. The summed E-state index contributed by atoms with van der Waals surface area (Å²) < 4.78 is 0. The number of nitrogens with one attached hydrogen (secondary N) is 2. The Kier molecular flexibility index (Phi) is 4.88. The van der Waals surface area contributed by atoms with Gasteiger partial charge in [-0.05, 0) is 38.5 Å². The third-order valence-corrected chi connectivity index (χ3v) is 3.04. The summed E-state index contributed by atoms with van der Waals surface area (Å²) in [5.74, 6) is 1.39. The lowest BCUT2D eigenvalue weighted by Crippen LogP contribution is -2.11. The Balaban J connectivity index is 1.96. The van der Waals surface area contributed by atoms with E-state index in [0.717, 1.165) is 28.6 Å². The molecule has 0 bridgehead atoms. The van der Waals surface area contributed by atoms with Crippen LogP contribution in [0.4, 0.5) is 11.5 Å². The van der Waals surface area contributed by atoms with E-state index < -0.39 is 0 Å². The molecule has 0 aliphatic rings. The van der Waals surface area contributed by atoms with E-state index in [1.165, 1.54) is 0 Å². The number of nitrogens with zero attached hydrogens (tertiary/aromatic N) is 2. The van der Waals surface area contributed by atoms with Gasteiger partial charge in [-0.3, -0.25) is 4.79 Å². The van der Waals surface area contributed by atoms with E-state index in [0.29, 0.717) is 12.1 Å². The molecule has 2 rings (SSSR count). The van der Waals surface area contributed by atoms with E-state index in [9.17, 15) is 4.79 Å². The topological polar surface area (TPSA) is 66.9 Å². The van der Waals surface area contributed by atoms with Gasteiger partial charge in [-0.1, -0.05) is 18.7 Å². The Hall–Kier alpha value is -2.69. The first-order valence-corrected chi connectivity index (χ1v) is 7.06. The molecule has 1 amide bonds. The standard InChI is InChI=1S/C17H20N4O/c1-11(2)17(22)21-15-7-5-14(6-8-15)10-18-16-9-12(3)19-13(4)20-16/h5-9H,1,10H2,2-4H3,(H,21,22)(H,18,19,20). The zero-order valence-electron chi connectivity index (χ0n) is 13.1. The summed E-state index contributed by atoms with van der Waals surface area (Å²) in [5, 5.41) is 6.05. The number of anilines is 2. The fourth-order valence-corrected chi connectivity index (χ4v) is 1.94. The Morgan fingerprint density at radius 2 is 1.86 bits per heavy atom. The molecule has 0 aliphatic heterocycles. The van der Waals surface area contributed by atoms with Crippen LogP contribution in [0.3, 0.4) is 0 Å². The summed E-state index contributed by atoms with van der Waals surface area (Å²) in [5.41, 5.74) is 3.28. The van der Waals surface area contributed by atoms with Crippen LogP contribution < -0.4 is 10.6 Å². The zero-order chi connectivity index (χ0) is 16.1. The molecule has 0 aliphatic carbocycles. The normalized spacial score (nSPS) is 10.1. The molecular formula is C17H20N4O. The van der Waals surface area contributed by atoms with Crippen LogP contribution in [0.1, 0.15) is 24.0 Å². The average molecular weight is 296 g/mol. The summed E-state index contributed by atoms with van der Waals surface area (Å²) in [4.78, 5) is 20.1. The van der Waals surface area contributed by atoms with Crippen LogP contribution in [0.15, 0.2) is 42.5 Å². The lowest BCUT2D eigenvalue weighted by Gasteiger charge is -2.09. The predicted molar refractivity (Wildman–Crippen MR) is 88.7 cm³/mol. The third kappa shape index (κ3) is 4.41. The number of hydrogen-bond donors (Lipinski definition) is 2. The summed E-state index contributed by atoms with van der Waals surface area (Å²) >= 11 is 0. The van der Waals surface area contributed by atoms with E-state index >= 15 is 0 Å². The van der Waals surface area contributed by atoms with Crippen LogP contribution in [0, 0.1) is 13.8 Å². The van der Waals surface area contributed by atoms with Crippen molar-refractivity contribution in [3.05, 3.63) is 59.6 Å². The van der Waals surface area contributed by atoms with Crippen LogP contribution in [0.5, 0.6) is 0 Å². The highest BCUT2D eigenvalue weighted by molar-refractivity contribution is 6.02. The van der Waals surface area contributed by atoms with E-state index in [1.807, 2.05) is 44.2 Å². The monoisotopic (exact) mass is 296 g/mol. The molecule has 2 aromatic rings. The minimum Gasteiger partial charge on any atom is -0.366 e. The van der Waals surface area contributed by atoms with Crippen LogP contribution in [-0.4, -0.2) is 15.9 Å². The van der Waals surface area contributed by atoms with Gasteiger partial charge in [0.15, 0.2) is 0 Å². The SMILES string of the molecule is C=C(C)C(=O)Nc1ccc(CNc2cc(C)nc(C)n2)cc1. The summed E-state index contributed by atoms with van der Waals surface area (Å²) in [7, 11) is 0. The van der Waals surface area contributed by atoms with E-state index in [2.05, 4.69) is 27.2 Å². The summed E-state index contributed by atoms with van der Waals surface area (Å²) in [6.45, 7) is 9.76. The maximum Gasteiger partial charge on any atom is 0.250 e. The molecule has 0 unspecified atom stereocenters. The van der Waals surface area contributed by atoms with E-state index in [1.54, 1.807) is 6.92 Å². The van der Waals surface area contributed by atoms with Gasteiger partial charge in [0.25, 0.3) is 5.91 Å². The van der Waals surface area contributed by atoms with Gasteiger partial charge in [0.2, 0.25) is 0 Å². The molecule has 5 nitrogen and oxygen atoms in total. The van der Waals surface area contributed by atoms with Gasteiger partial charge in [-0.25, -0.2) is 9.97 Å². The quantitative estimate of drug-likeness (QED) is 0.831. The Bertz CT molecular complexity index is 672. The van der Waals surface area contributed by atoms with Gasteiger partial charge >= 0.3 is 0 Å². The zero-order valence-corrected chi connectivity index (χ0v) is 13.1. The molecule has 1 aromatic carbocycles. The van der Waals surface area contributed by atoms with Crippen molar-refractivity contribution in [1.29, 1.82) is 0 Å². The lowest BCUT2D eigenvalue weighted by atomic mass is 10.2. The fourth-order valence-electron chi connectivity index (χ4n) is 1.94. The molecule has 5 heteroatoms. The van der Waals surface area contributed by atoms with Gasteiger partial charge in [-0.2, -0.15) is 0 Å². The van der Waals surface area contributed by atoms with Crippen molar-refractivity contribution >= 4 is 17.4 Å². The van der Waals surface area contributed by atoms with Gasteiger partial charge in [0, 0.05) is 29.6 Å². The van der Waals surface area contributed by atoms with Crippen LogP contribution in [0.2, 0.25) is 0 Å². The van der Waals surface area contributed by atoms with Crippen LogP contribution in [-0.2, 0) is 11.3 Å². The van der Waals surface area contributed by atoms with Gasteiger partial charge in [0.1, 0.15) is 11.6 Å². The second-order valence-electron chi connectivity index (χ2n) is 5.23. The minimum atomic E-state index is -0.169. The molecule has 0 saturated carbocycles. The number of benzene rings is 1. The highest BCUT2D eigenvalue weighted by Gasteiger charge is 2.03. The number of hydrogen-bond acceptors (Lipinski definition) is 4. The van der Waals surface area contributed by atoms with Gasteiger partial charge < -0.3 is 10.6 Å². The van der Waals surface area contributed by atoms with Crippen molar-refractivity contribution in [2.45, 2.75) is 27.3 Å². The number of carbonyl (C=O) groups excluding carboxylic acids is 1. The van der Waals surface area contributed by atoms with E-state index in [-0.39, 0.29) is 5.91 Å². The summed E-state index contributed by atoms with van der Waals surface area (Å²) in [6, 6.07) is 9.57. The molecule has 114 valence electrons. The van der Waals surface area contributed by atoms with Gasteiger partial charge in [-0.15, -0.1) is 0 Å². The van der Waals surface area contributed by atoms with E-state index in [4.69, 9.17) is 0 Å². The number of aromatic nitrogens is 2. The first-order valence-electron chi connectivity index (χ1n) is 7.06. The fraction of sp³-hybridized carbons (Fsp3) is 0.235. The highest BCUT2D eigenvalue weighted by Crippen LogP contribution is 2.12. The Morgan fingerprint density at radius 3 is 2.45 bits per heavy atom. The molecule has 1 aromatic heterocycles. The lowest BCUT2D eigenvalue weighted by molar-refractivity contribution is -0.112. The van der Waals surface area contributed by atoms with Crippen molar-refractivity contribution < 1.29 is 4.79 Å². The second kappa shape index (κ2) is 6.85. The first-order chi connectivity index (χ1) is 10.4. The Morgan fingerprint density at radius 1 is 1.18 bits per heavy atom. The van der Waals surface area contributed by atoms with Crippen LogP contribution in [0.25, 0.3) is 0 Å². The van der Waals surface area contributed by atoms with Crippen molar-refractivity contribution in [2.75, 3.05) is 10.6 Å². The molecular weight excluding hydrogens is 276 g/mol. The number of carbonyl (C=O) groups is 1. The molecule has 0 saturated heterocycles. The first kappa shape index (κ1) is 15.7. The molecule has 0 atom stereocenters. The van der Waals surface area contributed by atoms with Crippen LogP contribution >= 0.6 is 0 Å². The number of aryl methyl sites for hydroxylation is 2. The van der Waals surface area contributed by atoms with Crippen molar-refractivity contribution in [3.8, 4) is 0 Å². The Labute approximate surface area is 130 Å². The van der Waals surface area contributed by atoms with Crippen molar-refractivity contribution in [3.63, 3.8) is 0 Å². The maximum atomic E-state index is 11.5. The largest absolute Gasteiger partial charge is 0.366 e. The number of amides is 1. The average Bonchev–Trinajstić information content (AvgIpc) is 2.45. The van der Waals surface area contributed by atoms with Gasteiger partial charge in [0.05, 0.1) is 0 Å². The highest BCUT2D eigenvalue weighted by atomic mass is 16.1. The minimum absolute atomic E-state index is 0.169. The third-order valence-electron chi connectivity index (χ3n) is 3.04. The number of rotatable bonds is 5. The molecule has 0 radical (unpaired) electrons. The molecule has 22 heavy (non-hydrogen) atoms. The second-order valence-corrected chi connectivity index (χ2v) is 5.23. The molecule has 0 spiro atoms. The smallest absolute Gasteiger partial charge is 0.250 e. The van der Waals surface area contributed by atoms with Crippen molar-refractivity contribution in [2.24, 2.45) is 0 Å². The summed E-state index contributed by atoms with van der Waals surface area (Å²) in [6.07, 6.45) is 0.